The average molecular weight is 416 g/mol. The van der Waals surface area contributed by atoms with Gasteiger partial charge in [0.15, 0.2) is 11.6 Å². The number of rotatable bonds is 6. The monoisotopic (exact) mass is 415 g/mol. The predicted molar refractivity (Wildman–Crippen MR) is 116 cm³/mol. The SMILES string of the molecule is CC(C)(C)C(=O)c1ccc(CC(N)Cc2ccc(C(=O)C(C)(C)C)cc2F)c(F)c1. The van der Waals surface area contributed by atoms with Crippen molar-refractivity contribution in [1.82, 2.24) is 0 Å². The fourth-order valence-corrected chi connectivity index (χ4v) is 3.21. The van der Waals surface area contributed by atoms with Gasteiger partial charge in [-0.1, -0.05) is 65.8 Å². The molecule has 0 radical (unpaired) electrons. The second-order valence-electron chi connectivity index (χ2n) is 9.94. The summed E-state index contributed by atoms with van der Waals surface area (Å²) in [5, 5.41) is 0. The number of nitrogens with two attached hydrogens (primary N) is 1. The molecule has 0 spiro atoms. The maximum atomic E-state index is 14.5. The Hall–Kier alpha value is -2.40. The minimum absolute atomic E-state index is 0.135. The summed E-state index contributed by atoms with van der Waals surface area (Å²) in [6.07, 6.45) is 0.413. The van der Waals surface area contributed by atoms with E-state index in [2.05, 4.69) is 0 Å². The van der Waals surface area contributed by atoms with Gasteiger partial charge in [-0.05, 0) is 36.1 Å². The van der Waals surface area contributed by atoms with E-state index in [1.807, 2.05) is 0 Å². The van der Waals surface area contributed by atoms with Crippen LogP contribution in [0, 0.1) is 22.5 Å². The minimum atomic E-state index is -0.595. The molecule has 0 fully saturated rings. The molecule has 0 aromatic heterocycles. The average Bonchev–Trinajstić information content (AvgIpc) is 2.62. The third kappa shape index (κ3) is 5.82. The molecule has 0 aliphatic rings. The second kappa shape index (κ2) is 8.76. The summed E-state index contributed by atoms with van der Waals surface area (Å²) in [5.74, 6) is -1.26. The third-order valence-corrected chi connectivity index (χ3v) is 4.96. The molecule has 0 heterocycles. The summed E-state index contributed by atoms with van der Waals surface area (Å²) in [4.78, 5) is 24.6. The standard InChI is InChI=1S/C25H31F2NO2/c1-24(2,3)22(29)17-9-7-15(20(26)13-17)11-19(28)12-16-8-10-18(14-21(16)27)23(30)25(4,5)6/h7-10,13-14,19H,11-12,28H2,1-6H3. The van der Waals surface area contributed by atoms with Crippen LogP contribution in [0.25, 0.3) is 0 Å². The lowest BCUT2D eigenvalue weighted by Gasteiger charge is -2.18. The summed E-state index contributed by atoms with van der Waals surface area (Å²) < 4.78 is 29.0. The van der Waals surface area contributed by atoms with Gasteiger partial charge in [-0.2, -0.15) is 0 Å². The zero-order valence-electron chi connectivity index (χ0n) is 18.6. The second-order valence-corrected chi connectivity index (χ2v) is 9.94. The normalized spacial score (nSPS) is 12.3. The molecule has 0 unspecified atom stereocenters. The van der Waals surface area contributed by atoms with Crippen molar-refractivity contribution in [2.75, 3.05) is 0 Å². The fraction of sp³-hybridized carbons (Fsp3) is 0.440. The Morgan fingerprint density at radius 1 is 0.767 bits per heavy atom. The Labute approximate surface area is 177 Å². The molecule has 3 nitrogen and oxygen atoms in total. The van der Waals surface area contributed by atoms with Crippen molar-refractivity contribution < 1.29 is 18.4 Å². The summed E-state index contributed by atoms with van der Waals surface area (Å²) in [6, 6.07) is 8.30. The predicted octanol–water partition coefficient (Wildman–Crippen LogP) is 5.53. The molecule has 0 aliphatic carbocycles. The van der Waals surface area contributed by atoms with Crippen LogP contribution in [0.1, 0.15) is 73.4 Å². The van der Waals surface area contributed by atoms with Crippen molar-refractivity contribution in [2.24, 2.45) is 16.6 Å². The van der Waals surface area contributed by atoms with Crippen molar-refractivity contribution in [2.45, 2.75) is 60.4 Å². The molecule has 2 aromatic carbocycles. The van der Waals surface area contributed by atoms with Crippen LogP contribution in [-0.2, 0) is 12.8 Å². The first-order valence-corrected chi connectivity index (χ1v) is 10.1. The van der Waals surface area contributed by atoms with Crippen LogP contribution in [0.4, 0.5) is 8.78 Å². The van der Waals surface area contributed by atoms with E-state index in [1.54, 1.807) is 65.8 Å². The van der Waals surface area contributed by atoms with Crippen LogP contribution >= 0.6 is 0 Å². The lowest BCUT2D eigenvalue weighted by atomic mass is 9.85. The smallest absolute Gasteiger partial charge is 0.168 e. The van der Waals surface area contributed by atoms with Crippen LogP contribution in [0.15, 0.2) is 36.4 Å². The molecular weight excluding hydrogens is 384 g/mol. The number of carbonyl (C=O) groups is 2. The largest absolute Gasteiger partial charge is 0.327 e. The van der Waals surface area contributed by atoms with E-state index in [0.717, 1.165) is 0 Å². The van der Waals surface area contributed by atoms with Crippen molar-refractivity contribution >= 4 is 11.6 Å². The molecule has 162 valence electrons. The zero-order chi connectivity index (χ0) is 22.9. The molecule has 0 amide bonds. The molecule has 5 heteroatoms. The molecule has 0 bridgehead atoms. The van der Waals surface area contributed by atoms with E-state index in [4.69, 9.17) is 5.73 Å². The number of Topliss-reactive ketones (excluding diaryl/α,β-unsaturated/α-hetero) is 2. The van der Waals surface area contributed by atoms with E-state index in [1.165, 1.54) is 12.1 Å². The van der Waals surface area contributed by atoms with Crippen LogP contribution in [0.2, 0.25) is 0 Å². The maximum Gasteiger partial charge on any atom is 0.168 e. The van der Waals surface area contributed by atoms with Crippen molar-refractivity contribution in [3.63, 3.8) is 0 Å². The summed E-state index contributed by atoms with van der Waals surface area (Å²) >= 11 is 0. The topological polar surface area (TPSA) is 60.2 Å². The molecule has 0 saturated heterocycles. The van der Waals surface area contributed by atoms with Gasteiger partial charge in [0.25, 0.3) is 0 Å². The van der Waals surface area contributed by atoms with Crippen LogP contribution in [0.3, 0.4) is 0 Å². The van der Waals surface area contributed by atoms with Crippen LogP contribution in [-0.4, -0.2) is 17.6 Å². The Kier molecular flexibility index (Phi) is 6.97. The number of hydrogen-bond acceptors (Lipinski definition) is 3. The number of hydrogen-bond donors (Lipinski definition) is 1. The van der Waals surface area contributed by atoms with Crippen LogP contribution in [0.5, 0.6) is 0 Å². The lowest BCUT2D eigenvalue weighted by molar-refractivity contribution is 0.0852. The van der Waals surface area contributed by atoms with E-state index >= 15 is 0 Å². The molecule has 2 aromatic rings. The fourth-order valence-electron chi connectivity index (χ4n) is 3.21. The maximum absolute atomic E-state index is 14.5. The Bertz CT molecular complexity index is 875. The van der Waals surface area contributed by atoms with Gasteiger partial charge in [-0.3, -0.25) is 9.59 Å². The van der Waals surface area contributed by atoms with Gasteiger partial charge < -0.3 is 5.73 Å². The Balaban J connectivity index is 2.12. The highest BCUT2D eigenvalue weighted by atomic mass is 19.1. The number of halogens is 2. The summed E-state index contributed by atoms with van der Waals surface area (Å²) in [6.45, 7) is 10.7. The molecule has 30 heavy (non-hydrogen) atoms. The van der Waals surface area contributed by atoms with Crippen molar-refractivity contribution in [3.05, 3.63) is 70.3 Å². The van der Waals surface area contributed by atoms with Gasteiger partial charge in [0.2, 0.25) is 0 Å². The minimum Gasteiger partial charge on any atom is -0.327 e. The van der Waals surface area contributed by atoms with Gasteiger partial charge >= 0.3 is 0 Å². The van der Waals surface area contributed by atoms with E-state index < -0.39 is 28.5 Å². The molecule has 2 N–H and O–H groups in total. The van der Waals surface area contributed by atoms with Crippen molar-refractivity contribution in [1.29, 1.82) is 0 Å². The highest BCUT2D eigenvalue weighted by Gasteiger charge is 2.25. The number of benzene rings is 2. The highest BCUT2D eigenvalue weighted by Crippen LogP contribution is 2.24. The number of carbonyl (C=O) groups excluding carboxylic acids is 2. The zero-order valence-corrected chi connectivity index (χ0v) is 18.6. The van der Waals surface area contributed by atoms with Gasteiger partial charge in [-0.15, -0.1) is 0 Å². The Morgan fingerprint density at radius 3 is 1.37 bits per heavy atom. The first-order valence-electron chi connectivity index (χ1n) is 10.1. The summed E-state index contributed by atoms with van der Waals surface area (Å²) in [7, 11) is 0. The molecule has 2 rings (SSSR count). The first kappa shape index (κ1) is 23.9. The third-order valence-electron chi connectivity index (χ3n) is 4.96. The summed E-state index contributed by atoms with van der Waals surface area (Å²) in [5.41, 5.74) is 6.36. The Morgan fingerprint density at radius 2 is 1.10 bits per heavy atom. The van der Waals surface area contributed by atoms with E-state index in [9.17, 15) is 18.4 Å². The first-order chi connectivity index (χ1) is 13.7. The van der Waals surface area contributed by atoms with Crippen LogP contribution < -0.4 is 5.73 Å². The molecule has 0 atom stereocenters. The van der Waals surface area contributed by atoms with Gasteiger partial charge in [0.05, 0.1) is 0 Å². The van der Waals surface area contributed by atoms with Gasteiger partial charge in [0, 0.05) is 28.0 Å². The lowest BCUT2D eigenvalue weighted by Crippen LogP contribution is -2.27. The van der Waals surface area contributed by atoms with Crippen molar-refractivity contribution in [3.8, 4) is 0 Å². The molecular formula is C25H31F2NO2. The molecule has 0 saturated carbocycles. The van der Waals surface area contributed by atoms with Gasteiger partial charge in [0.1, 0.15) is 11.6 Å². The molecule has 0 aliphatic heterocycles. The van der Waals surface area contributed by atoms with Gasteiger partial charge in [-0.25, -0.2) is 8.78 Å². The van der Waals surface area contributed by atoms with E-state index in [0.29, 0.717) is 22.3 Å². The quantitative estimate of drug-likeness (QED) is 0.631. The highest BCUT2D eigenvalue weighted by molar-refractivity contribution is 6.00. The van der Waals surface area contributed by atoms with E-state index in [-0.39, 0.29) is 24.4 Å². The number of ketones is 2.